The zero-order valence-electron chi connectivity index (χ0n) is 22.0. The van der Waals surface area contributed by atoms with E-state index >= 15 is 0 Å². The molecule has 7 rings (SSSR count). The van der Waals surface area contributed by atoms with Crippen molar-refractivity contribution in [3.8, 4) is 0 Å². The third kappa shape index (κ3) is 3.85. The predicted molar refractivity (Wildman–Crippen MR) is 132 cm³/mol. The lowest BCUT2D eigenvalue weighted by Crippen LogP contribution is -2.52. The molecule has 0 aromatic heterocycles. The van der Waals surface area contributed by atoms with E-state index in [1.165, 1.54) is 32.1 Å². The Kier molecular flexibility index (Phi) is 5.80. The second-order valence-corrected chi connectivity index (χ2v) is 13.8. The normalized spacial score (nSPS) is 47.7. The topological polar surface area (TPSA) is 61.8 Å². The highest BCUT2D eigenvalue weighted by atomic mass is 16.6. The van der Waals surface area contributed by atoms with Crippen LogP contribution in [0, 0.1) is 64.6 Å². The van der Waals surface area contributed by atoms with Gasteiger partial charge in [0.25, 0.3) is 0 Å². The summed E-state index contributed by atoms with van der Waals surface area (Å²) in [5.41, 5.74) is 0.131. The summed E-state index contributed by atoms with van der Waals surface area (Å²) in [6.07, 6.45) is 8.61. The fourth-order valence-electron chi connectivity index (χ4n) is 10.1. The molecule has 0 aromatic carbocycles. The van der Waals surface area contributed by atoms with Crippen molar-refractivity contribution >= 4 is 11.9 Å². The third-order valence-electron chi connectivity index (χ3n) is 11.5. The Morgan fingerprint density at radius 2 is 1.54 bits per heavy atom. The van der Waals surface area contributed by atoms with E-state index in [0.29, 0.717) is 42.5 Å². The lowest BCUT2D eigenvalue weighted by Gasteiger charge is -2.54. The van der Waals surface area contributed by atoms with Gasteiger partial charge in [0.1, 0.15) is 18.8 Å². The predicted octanol–water partition coefficient (Wildman–Crippen LogP) is 5.77. The summed E-state index contributed by atoms with van der Waals surface area (Å²) in [7, 11) is 0. The molecule has 6 aliphatic carbocycles. The molecule has 7 atom stereocenters. The van der Waals surface area contributed by atoms with Crippen molar-refractivity contribution in [3.63, 3.8) is 0 Å². The molecule has 5 heteroatoms. The van der Waals surface area contributed by atoms with Gasteiger partial charge in [-0.25, -0.2) is 0 Å². The fraction of sp³-hybridized carbons (Fsp3) is 0.867. The van der Waals surface area contributed by atoms with Crippen molar-refractivity contribution in [2.75, 3.05) is 6.61 Å². The molecule has 0 spiro atoms. The average molecular weight is 485 g/mol. The van der Waals surface area contributed by atoms with Gasteiger partial charge < -0.3 is 14.2 Å². The van der Waals surface area contributed by atoms with Crippen LogP contribution in [0.1, 0.15) is 79.1 Å². The molecule has 0 aromatic rings. The van der Waals surface area contributed by atoms with E-state index in [1.807, 2.05) is 0 Å². The highest BCUT2D eigenvalue weighted by Gasteiger charge is 2.65. The van der Waals surface area contributed by atoms with E-state index in [-0.39, 0.29) is 47.3 Å². The molecular formula is C30H44O5. The number of fused-ring (bicyclic) bond motifs is 2. The van der Waals surface area contributed by atoms with Crippen molar-refractivity contribution in [3.05, 3.63) is 12.3 Å². The van der Waals surface area contributed by atoms with Crippen LogP contribution in [0.3, 0.4) is 0 Å². The SMILES string of the molecule is C=C1CC(OC(=O)C2C3CC(C2C(=O)OC2C4CC5CC(C4)CC2C5)C(C(C)(C)CC)C3C)CO1. The van der Waals surface area contributed by atoms with Crippen LogP contribution >= 0.6 is 0 Å². The smallest absolute Gasteiger partial charge is 0.310 e. The van der Waals surface area contributed by atoms with Crippen LogP contribution in [0.5, 0.6) is 0 Å². The minimum Gasteiger partial charge on any atom is -0.495 e. The highest BCUT2D eigenvalue weighted by Crippen LogP contribution is 2.64. The van der Waals surface area contributed by atoms with E-state index in [1.54, 1.807) is 0 Å². The van der Waals surface area contributed by atoms with Crippen molar-refractivity contribution in [1.82, 2.24) is 0 Å². The average Bonchev–Trinajstić information content (AvgIpc) is 3.48. The van der Waals surface area contributed by atoms with E-state index in [9.17, 15) is 9.59 Å². The quantitative estimate of drug-likeness (QED) is 0.448. The summed E-state index contributed by atoms with van der Waals surface area (Å²) in [6, 6.07) is 0. The standard InChI is InChI=1S/C30H44O5/c1-6-30(4,5)26-16(3)22-13-23(26)25(24(22)28(31)34-21-7-15(2)33-14-21)29(32)35-27-19-9-17-8-18(11-19)12-20(27)10-17/h16-27H,2,6-14H2,1,3-5H3. The number of ether oxygens (including phenoxy) is 3. The monoisotopic (exact) mass is 484 g/mol. The molecule has 7 unspecified atom stereocenters. The first kappa shape index (κ1) is 23.9. The van der Waals surface area contributed by atoms with Gasteiger partial charge in [-0.2, -0.15) is 0 Å². The first-order valence-corrected chi connectivity index (χ1v) is 14.4. The van der Waals surface area contributed by atoms with Gasteiger partial charge in [0, 0.05) is 6.42 Å². The Morgan fingerprint density at radius 3 is 2.11 bits per heavy atom. The molecule has 35 heavy (non-hydrogen) atoms. The molecule has 0 N–H and O–H groups in total. The second kappa shape index (κ2) is 8.52. The molecule has 1 aliphatic heterocycles. The van der Waals surface area contributed by atoms with E-state index in [2.05, 4.69) is 34.3 Å². The van der Waals surface area contributed by atoms with Gasteiger partial charge >= 0.3 is 11.9 Å². The number of esters is 2. The number of hydrogen-bond donors (Lipinski definition) is 0. The van der Waals surface area contributed by atoms with Gasteiger partial charge in [0.2, 0.25) is 0 Å². The molecule has 1 heterocycles. The van der Waals surface area contributed by atoms with E-state index in [4.69, 9.17) is 14.2 Å². The maximum atomic E-state index is 14.0. The van der Waals surface area contributed by atoms with Gasteiger partial charge in [-0.05, 0) is 91.3 Å². The van der Waals surface area contributed by atoms with Crippen molar-refractivity contribution < 1.29 is 23.8 Å². The molecule has 6 saturated carbocycles. The fourth-order valence-corrected chi connectivity index (χ4v) is 10.1. The van der Waals surface area contributed by atoms with Crippen LogP contribution in [-0.4, -0.2) is 30.8 Å². The van der Waals surface area contributed by atoms with E-state index < -0.39 is 5.92 Å². The molecule has 6 bridgehead atoms. The molecule has 0 amide bonds. The highest BCUT2D eigenvalue weighted by molar-refractivity contribution is 5.84. The largest absolute Gasteiger partial charge is 0.495 e. The van der Waals surface area contributed by atoms with Crippen molar-refractivity contribution in [1.29, 1.82) is 0 Å². The van der Waals surface area contributed by atoms with Crippen LogP contribution in [0.25, 0.3) is 0 Å². The Hall–Kier alpha value is -1.52. The minimum absolute atomic E-state index is 0.0627. The number of carbonyl (C=O) groups excluding carboxylic acids is 2. The summed E-state index contributed by atoms with van der Waals surface area (Å²) in [6.45, 7) is 13.5. The molecular weight excluding hydrogens is 440 g/mol. The Bertz CT molecular complexity index is 863. The van der Waals surface area contributed by atoms with Gasteiger partial charge in [0.05, 0.1) is 17.6 Å². The van der Waals surface area contributed by atoms with Crippen LogP contribution in [0.2, 0.25) is 0 Å². The zero-order valence-corrected chi connectivity index (χ0v) is 22.0. The summed E-state index contributed by atoms with van der Waals surface area (Å²) >= 11 is 0. The summed E-state index contributed by atoms with van der Waals surface area (Å²) < 4.78 is 17.9. The Balaban J connectivity index is 1.24. The molecule has 5 nitrogen and oxygen atoms in total. The summed E-state index contributed by atoms with van der Waals surface area (Å²) in [5, 5.41) is 0. The Labute approximate surface area is 210 Å². The zero-order chi connectivity index (χ0) is 24.6. The van der Waals surface area contributed by atoms with Gasteiger partial charge in [0.15, 0.2) is 0 Å². The second-order valence-electron chi connectivity index (χ2n) is 13.8. The maximum Gasteiger partial charge on any atom is 0.310 e. The Morgan fingerprint density at radius 1 is 0.943 bits per heavy atom. The van der Waals surface area contributed by atoms with Crippen molar-refractivity contribution in [2.45, 2.75) is 91.3 Å². The first-order valence-electron chi connectivity index (χ1n) is 14.4. The van der Waals surface area contributed by atoms with E-state index in [0.717, 1.165) is 24.7 Å². The first-order chi connectivity index (χ1) is 16.7. The lowest BCUT2D eigenvalue weighted by molar-refractivity contribution is -0.186. The summed E-state index contributed by atoms with van der Waals surface area (Å²) in [4.78, 5) is 27.6. The molecule has 194 valence electrons. The van der Waals surface area contributed by atoms with Crippen LogP contribution in [0.15, 0.2) is 12.3 Å². The molecule has 0 radical (unpaired) electrons. The summed E-state index contributed by atoms with van der Waals surface area (Å²) in [5.74, 6) is 3.54. The van der Waals surface area contributed by atoms with Crippen LogP contribution < -0.4 is 0 Å². The molecule has 7 aliphatic rings. The van der Waals surface area contributed by atoms with Crippen LogP contribution in [-0.2, 0) is 23.8 Å². The lowest BCUT2D eigenvalue weighted by atomic mass is 9.55. The van der Waals surface area contributed by atoms with Gasteiger partial charge in [-0.15, -0.1) is 0 Å². The molecule has 1 saturated heterocycles. The van der Waals surface area contributed by atoms with Crippen molar-refractivity contribution in [2.24, 2.45) is 64.6 Å². The number of carbonyl (C=O) groups is 2. The third-order valence-corrected chi connectivity index (χ3v) is 11.5. The molecule has 7 fully saturated rings. The van der Waals surface area contributed by atoms with Gasteiger partial charge in [-0.3, -0.25) is 9.59 Å². The van der Waals surface area contributed by atoms with Gasteiger partial charge in [-0.1, -0.05) is 40.7 Å². The number of hydrogen-bond acceptors (Lipinski definition) is 5. The number of rotatable bonds is 6. The van der Waals surface area contributed by atoms with Crippen LogP contribution in [0.4, 0.5) is 0 Å². The maximum absolute atomic E-state index is 14.0. The minimum atomic E-state index is -0.392.